The van der Waals surface area contributed by atoms with Crippen molar-refractivity contribution in [2.24, 2.45) is 11.8 Å². The fourth-order valence-electron chi connectivity index (χ4n) is 1.68. The van der Waals surface area contributed by atoms with Gasteiger partial charge in [0, 0.05) is 18.2 Å². The van der Waals surface area contributed by atoms with Crippen molar-refractivity contribution in [2.45, 2.75) is 20.3 Å². The van der Waals surface area contributed by atoms with Gasteiger partial charge in [-0.25, -0.2) is 0 Å². The molecule has 0 saturated carbocycles. The Morgan fingerprint density at radius 2 is 1.88 bits per heavy atom. The molecule has 96 valence electrons. The minimum atomic E-state index is 0.256. The van der Waals surface area contributed by atoms with Crippen molar-refractivity contribution in [3.05, 3.63) is 34.9 Å². The first-order valence-corrected chi connectivity index (χ1v) is 6.57. The van der Waals surface area contributed by atoms with Crippen LogP contribution in [0.1, 0.15) is 19.4 Å². The number of aliphatic hydroxyl groups excluding tert-OH is 1. The Labute approximate surface area is 109 Å². The lowest BCUT2D eigenvalue weighted by Gasteiger charge is -2.18. The molecule has 2 nitrogen and oxygen atoms in total. The fraction of sp³-hybridized carbons (Fsp3) is 0.571. The van der Waals surface area contributed by atoms with Gasteiger partial charge in [0.2, 0.25) is 0 Å². The second-order valence-corrected chi connectivity index (χ2v) is 5.20. The molecule has 17 heavy (non-hydrogen) atoms. The predicted octanol–water partition coefficient (Wildman–Crippen LogP) is 2.74. The number of aliphatic hydroxyl groups is 1. The maximum Gasteiger partial charge on any atom is 0.0473 e. The molecule has 0 aliphatic carbocycles. The highest BCUT2D eigenvalue weighted by Gasteiger charge is 2.10. The van der Waals surface area contributed by atoms with Crippen molar-refractivity contribution >= 4 is 11.6 Å². The number of halogens is 1. The van der Waals surface area contributed by atoms with Crippen molar-refractivity contribution in [1.82, 2.24) is 5.32 Å². The summed E-state index contributed by atoms with van der Waals surface area (Å²) >= 11 is 5.82. The van der Waals surface area contributed by atoms with Crippen molar-refractivity contribution in [3.63, 3.8) is 0 Å². The molecule has 0 fully saturated rings. The van der Waals surface area contributed by atoms with Crippen molar-refractivity contribution in [3.8, 4) is 0 Å². The number of benzene rings is 1. The van der Waals surface area contributed by atoms with Gasteiger partial charge in [0.25, 0.3) is 0 Å². The van der Waals surface area contributed by atoms with E-state index < -0.39 is 0 Å². The van der Waals surface area contributed by atoms with Gasteiger partial charge in [0.05, 0.1) is 0 Å². The van der Waals surface area contributed by atoms with E-state index in [0.29, 0.717) is 11.8 Å². The normalized spacial score (nSPS) is 13.0. The first-order chi connectivity index (χ1) is 8.13. The molecular weight excluding hydrogens is 234 g/mol. The Balaban J connectivity index is 2.22. The van der Waals surface area contributed by atoms with E-state index in [-0.39, 0.29) is 6.61 Å². The molecule has 1 aromatic carbocycles. The summed E-state index contributed by atoms with van der Waals surface area (Å²) in [4.78, 5) is 0. The van der Waals surface area contributed by atoms with Crippen molar-refractivity contribution in [2.75, 3.05) is 19.7 Å². The highest BCUT2D eigenvalue weighted by molar-refractivity contribution is 6.30. The van der Waals surface area contributed by atoms with Crippen molar-refractivity contribution in [1.29, 1.82) is 0 Å². The zero-order valence-electron chi connectivity index (χ0n) is 10.6. The second-order valence-electron chi connectivity index (χ2n) is 4.77. The van der Waals surface area contributed by atoms with Crippen LogP contribution in [0, 0.1) is 11.8 Å². The molecule has 0 spiro atoms. The molecule has 1 rings (SSSR count). The van der Waals surface area contributed by atoms with E-state index in [9.17, 15) is 5.11 Å². The van der Waals surface area contributed by atoms with Crippen LogP contribution in [0.15, 0.2) is 24.3 Å². The minimum absolute atomic E-state index is 0.256. The van der Waals surface area contributed by atoms with Gasteiger partial charge in [-0.05, 0) is 42.5 Å². The molecule has 0 bridgehead atoms. The SMILES string of the molecule is CC(C)C(CO)CNCCc1ccc(Cl)cc1. The third-order valence-corrected chi connectivity index (χ3v) is 3.34. The van der Waals surface area contributed by atoms with Crippen LogP contribution in [0.5, 0.6) is 0 Å². The van der Waals surface area contributed by atoms with Gasteiger partial charge >= 0.3 is 0 Å². The van der Waals surface area contributed by atoms with Gasteiger partial charge in [0.15, 0.2) is 0 Å². The molecule has 1 aromatic rings. The quantitative estimate of drug-likeness (QED) is 0.735. The smallest absolute Gasteiger partial charge is 0.0473 e. The van der Waals surface area contributed by atoms with Crippen LogP contribution in [-0.2, 0) is 6.42 Å². The van der Waals surface area contributed by atoms with Crippen LogP contribution in [0.25, 0.3) is 0 Å². The second kappa shape index (κ2) is 7.70. The molecule has 0 aliphatic heterocycles. The molecule has 0 aliphatic rings. The largest absolute Gasteiger partial charge is 0.396 e. The van der Waals surface area contributed by atoms with Gasteiger partial charge in [-0.15, -0.1) is 0 Å². The monoisotopic (exact) mass is 255 g/mol. The van der Waals surface area contributed by atoms with Crippen LogP contribution in [0.2, 0.25) is 5.02 Å². The first kappa shape index (κ1) is 14.5. The summed E-state index contributed by atoms with van der Waals surface area (Å²) in [6.45, 7) is 6.35. The molecular formula is C14H22ClNO. The van der Waals surface area contributed by atoms with Gasteiger partial charge in [0.1, 0.15) is 0 Å². The Hall–Kier alpha value is -0.570. The lowest BCUT2D eigenvalue weighted by molar-refractivity contribution is 0.186. The summed E-state index contributed by atoms with van der Waals surface area (Å²) in [5.74, 6) is 0.864. The summed E-state index contributed by atoms with van der Waals surface area (Å²) in [5, 5.41) is 13.4. The van der Waals surface area contributed by atoms with Crippen LogP contribution in [0.4, 0.5) is 0 Å². The van der Waals surface area contributed by atoms with E-state index in [1.807, 2.05) is 12.1 Å². The molecule has 0 saturated heterocycles. The van der Waals surface area contributed by atoms with Crippen LogP contribution in [-0.4, -0.2) is 24.8 Å². The third kappa shape index (κ3) is 5.53. The summed E-state index contributed by atoms with van der Waals surface area (Å²) in [7, 11) is 0. The average molecular weight is 256 g/mol. The standard InChI is InChI=1S/C14H22ClNO/c1-11(2)13(10-17)9-16-8-7-12-3-5-14(15)6-4-12/h3-6,11,13,16-17H,7-10H2,1-2H3. The van der Waals surface area contributed by atoms with E-state index in [0.717, 1.165) is 24.5 Å². The lowest BCUT2D eigenvalue weighted by Crippen LogP contribution is -2.30. The number of rotatable bonds is 7. The van der Waals surface area contributed by atoms with Gasteiger partial charge in [-0.3, -0.25) is 0 Å². The maximum atomic E-state index is 9.19. The van der Waals surface area contributed by atoms with Gasteiger partial charge < -0.3 is 10.4 Å². The minimum Gasteiger partial charge on any atom is -0.396 e. The third-order valence-electron chi connectivity index (χ3n) is 3.09. The van der Waals surface area contributed by atoms with Crippen LogP contribution in [0.3, 0.4) is 0 Å². The number of hydrogen-bond donors (Lipinski definition) is 2. The molecule has 2 N–H and O–H groups in total. The van der Waals surface area contributed by atoms with E-state index in [1.165, 1.54) is 5.56 Å². The number of nitrogens with one attached hydrogen (secondary N) is 1. The molecule has 1 atom stereocenters. The first-order valence-electron chi connectivity index (χ1n) is 6.19. The van der Waals surface area contributed by atoms with Gasteiger partial charge in [-0.2, -0.15) is 0 Å². The molecule has 0 heterocycles. The summed E-state index contributed by atoms with van der Waals surface area (Å²) in [6, 6.07) is 7.94. The van der Waals surface area contributed by atoms with E-state index in [2.05, 4.69) is 31.3 Å². The summed E-state index contributed by atoms with van der Waals surface area (Å²) in [5.41, 5.74) is 1.28. The zero-order chi connectivity index (χ0) is 12.7. The van der Waals surface area contributed by atoms with Gasteiger partial charge in [-0.1, -0.05) is 37.6 Å². The molecule has 0 aromatic heterocycles. The Morgan fingerprint density at radius 3 is 2.41 bits per heavy atom. The Morgan fingerprint density at radius 1 is 1.24 bits per heavy atom. The lowest BCUT2D eigenvalue weighted by atomic mass is 9.97. The molecule has 0 radical (unpaired) electrons. The van der Waals surface area contributed by atoms with Crippen LogP contribution >= 0.6 is 11.6 Å². The highest BCUT2D eigenvalue weighted by atomic mass is 35.5. The maximum absolute atomic E-state index is 9.19. The summed E-state index contributed by atoms with van der Waals surface area (Å²) < 4.78 is 0. The predicted molar refractivity (Wildman–Crippen MR) is 73.4 cm³/mol. The topological polar surface area (TPSA) is 32.3 Å². The zero-order valence-corrected chi connectivity index (χ0v) is 11.4. The molecule has 1 unspecified atom stereocenters. The van der Waals surface area contributed by atoms with E-state index in [4.69, 9.17) is 11.6 Å². The highest BCUT2D eigenvalue weighted by Crippen LogP contribution is 2.10. The fourth-order valence-corrected chi connectivity index (χ4v) is 1.81. The van der Waals surface area contributed by atoms with Crippen molar-refractivity contribution < 1.29 is 5.11 Å². The van der Waals surface area contributed by atoms with Crippen LogP contribution < -0.4 is 5.32 Å². The Bertz CT molecular complexity index is 311. The average Bonchev–Trinajstić information content (AvgIpc) is 2.31. The van der Waals surface area contributed by atoms with E-state index >= 15 is 0 Å². The Kier molecular flexibility index (Phi) is 6.56. The number of hydrogen-bond acceptors (Lipinski definition) is 2. The molecule has 3 heteroatoms. The van der Waals surface area contributed by atoms with E-state index in [1.54, 1.807) is 0 Å². The molecule has 0 amide bonds. The summed E-state index contributed by atoms with van der Waals surface area (Å²) in [6.07, 6.45) is 0.993.